The molecule has 108 valence electrons. The van der Waals surface area contributed by atoms with Gasteiger partial charge in [-0.3, -0.25) is 0 Å². The van der Waals surface area contributed by atoms with E-state index in [1.54, 1.807) is 6.92 Å². The van der Waals surface area contributed by atoms with Gasteiger partial charge in [0.1, 0.15) is 9.84 Å². The zero-order chi connectivity index (χ0) is 14.5. The molecule has 0 saturated heterocycles. The Morgan fingerprint density at radius 3 is 2.53 bits per heavy atom. The molecule has 0 aliphatic carbocycles. The predicted octanol–water partition coefficient (Wildman–Crippen LogP) is 3.26. The van der Waals surface area contributed by atoms with Crippen LogP contribution in [0.15, 0.2) is 28.7 Å². The highest BCUT2D eigenvalue weighted by atomic mass is 79.9. The summed E-state index contributed by atoms with van der Waals surface area (Å²) in [7, 11) is -2.96. The Kier molecular flexibility index (Phi) is 6.02. The standard InChI is InChI=1S/C14H21BrO3S/c1-3-14(16,9-6-10-19(17,18)4-2)12-7-5-8-13(15)11-12/h5,7-8,11,16H,3-4,6,9-10H2,1-2H3. The summed E-state index contributed by atoms with van der Waals surface area (Å²) in [6, 6.07) is 7.55. The lowest BCUT2D eigenvalue weighted by Gasteiger charge is -2.27. The molecule has 3 nitrogen and oxygen atoms in total. The molecule has 0 saturated carbocycles. The van der Waals surface area contributed by atoms with Gasteiger partial charge in [0.05, 0.1) is 11.4 Å². The first-order valence-corrected chi connectivity index (χ1v) is 9.13. The summed E-state index contributed by atoms with van der Waals surface area (Å²) in [6.45, 7) is 3.56. The van der Waals surface area contributed by atoms with E-state index in [4.69, 9.17) is 0 Å². The van der Waals surface area contributed by atoms with Crippen LogP contribution in [-0.4, -0.2) is 25.0 Å². The van der Waals surface area contributed by atoms with E-state index < -0.39 is 15.4 Å². The lowest BCUT2D eigenvalue weighted by atomic mass is 9.87. The normalized spacial score (nSPS) is 15.2. The molecular formula is C14H21BrO3S. The molecule has 0 aliphatic rings. The molecule has 0 heterocycles. The monoisotopic (exact) mass is 348 g/mol. The van der Waals surface area contributed by atoms with Crippen LogP contribution in [0.25, 0.3) is 0 Å². The first kappa shape index (κ1) is 16.7. The highest BCUT2D eigenvalue weighted by molar-refractivity contribution is 9.10. The van der Waals surface area contributed by atoms with Gasteiger partial charge < -0.3 is 5.11 Å². The summed E-state index contributed by atoms with van der Waals surface area (Å²) < 4.78 is 23.9. The van der Waals surface area contributed by atoms with Gasteiger partial charge in [-0.05, 0) is 37.0 Å². The minimum Gasteiger partial charge on any atom is -0.385 e. The van der Waals surface area contributed by atoms with E-state index in [0.29, 0.717) is 19.3 Å². The van der Waals surface area contributed by atoms with Gasteiger partial charge in [0, 0.05) is 10.2 Å². The second-order valence-electron chi connectivity index (χ2n) is 4.74. The first-order valence-electron chi connectivity index (χ1n) is 6.52. The van der Waals surface area contributed by atoms with Crippen molar-refractivity contribution in [1.82, 2.24) is 0 Å². The van der Waals surface area contributed by atoms with Crippen LogP contribution in [0.2, 0.25) is 0 Å². The number of rotatable bonds is 7. The van der Waals surface area contributed by atoms with Crippen LogP contribution in [0.1, 0.15) is 38.7 Å². The summed E-state index contributed by atoms with van der Waals surface area (Å²) in [5.74, 6) is 0.300. The van der Waals surface area contributed by atoms with Gasteiger partial charge in [0.25, 0.3) is 0 Å². The number of benzene rings is 1. The quantitative estimate of drug-likeness (QED) is 0.822. The lowest BCUT2D eigenvalue weighted by molar-refractivity contribution is 0.0228. The van der Waals surface area contributed by atoms with Crippen LogP contribution >= 0.6 is 15.9 Å². The Balaban J connectivity index is 2.76. The first-order chi connectivity index (χ1) is 8.83. The highest BCUT2D eigenvalue weighted by Crippen LogP contribution is 2.31. The van der Waals surface area contributed by atoms with Crippen molar-refractivity contribution in [3.05, 3.63) is 34.3 Å². The molecule has 19 heavy (non-hydrogen) atoms. The Morgan fingerprint density at radius 2 is 2.00 bits per heavy atom. The minimum atomic E-state index is -2.96. The molecule has 0 bridgehead atoms. The largest absolute Gasteiger partial charge is 0.385 e. The van der Waals surface area contributed by atoms with Gasteiger partial charge >= 0.3 is 0 Å². The second-order valence-corrected chi connectivity index (χ2v) is 8.12. The summed E-state index contributed by atoms with van der Waals surface area (Å²) >= 11 is 3.39. The number of aliphatic hydroxyl groups is 1. The zero-order valence-electron chi connectivity index (χ0n) is 11.4. The van der Waals surface area contributed by atoms with Crippen molar-refractivity contribution in [2.75, 3.05) is 11.5 Å². The van der Waals surface area contributed by atoms with E-state index in [1.165, 1.54) is 0 Å². The maximum absolute atomic E-state index is 11.5. The van der Waals surface area contributed by atoms with Crippen LogP contribution in [0, 0.1) is 0 Å². The molecule has 0 spiro atoms. The fourth-order valence-electron chi connectivity index (χ4n) is 2.03. The van der Waals surface area contributed by atoms with Gasteiger partial charge in [0.2, 0.25) is 0 Å². The Labute approximate surface area is 124 Å². The Hall–Kier alpha value is -0.390. The molecule has 1 aromatic carbocycles. The van der Waals surface area contributed by atoms with Crippen molar-refractivity contribution < 1.29 is 13.5 Å². The number of halogens is 1. The van der Waals surface area contributed by atoms with E-state index in [-0.39, 0.29) is 11.5 Å². The molecule has 0 aromatic heterocycles. The molecule has 5 heteroatoms. The van der Waals surface area contributed by atoms with Crippen molar-refractivity contribution in [2.45, 2.75) is 38.7 Å². The topological polar surface area (TPSA) is 54.4 Å². The zero-order valence-corrected chi connectivity index (χ0v) is 13.8. The molecule has 1 N–H and O–H groups in total. The average Bonchev–Trinajstić information content (AvgIpc) is 2.38. The van der Waals surface area contributed by atoms with Crippen LogP contribution in [0.4, 0.5) is 0 Å². The summed E-state index contributed by atoms with van der Waals surface area (Å²) in [4.78, 5) is 0. The molecule has 0 aliphatic heterocycles. The van der Waals surface area contributed by atoms with Crippen molar-refractivity contribution in [3.63, 3.8) is 0 Å². The maximum Gasteiger partial charge on any atom is 0.150 e. The average molecular weight is 349 g/mol. The van der Waals surface area contributed by atoms with E-state index in [9.17, 15) is 13.5 Å². The van der Waals surface area contributed by atoms with E-state index in [2.05, 4.69) is 15.9 Å². The third-order valence-corrected chi connectivity index (χ3v) is 5.72. The smallest absolute Gasteiger partial charge is 0.150 e. The number of sulfone groups is 1. The highest BCUT2D eigenvalue weighted by Gasteiger charge is 2.27. The number of hydrogen-bond donors (Lipinski definition) is 1. The van der Waals surface area contributed by atoms with Crippen molar-refractivity contribution >= 4 is 25.8 Å². The summed E-state index contributed by atoms with van der Waals surface area (Å²) in [5, 5.41) is 10.7. The number of hydrogen-bond acceptors (Lipinski definition) is 3. The fourth-order valence-corrected chi connectivity index (χ4v) is 3.30. The Morgan fingerprint density at radius 1 is 1.32 bits per heavy atom. The SMILES string of the molecule is CCC(O)(CCCS(=O)(=O)CC)c1cccc(Br)c1. The van der Waals surface area contributed by atoms with Gasteiger partial charge in [-0.2, -0.15) is 0 Å². The molecule has 0 radical (unpaired) electrons. The molecule has 1 unspecified atom stereocenters. The second kappa shape index (κ2) is 6.86. The van der Waals surface area contributed by atoms with Gasteiger partial charge in [0.15, 0.2) is 0 Å². The van der Waals surface area contributed by atoms with E-state index in [1.807, 2.05) is 31.2 Å². The minimum absolute atomic E-state index is 0.139. The van der Waals surface area contributed by atoms with Crippen LogP contribution in [0.5, 0.6) is 0 Å². The van der Waals surface area contributed by atoms with Gasteiger partial charge in [-0.1, -0.05) is 41.9 Å². The fraction of sp³-hybridized carbons (Fsp3) is 0.571. The lowest BCUT2D eigenvalue weighted by Crippen LogP contribution is -2.26. The molecule has 1 rings (SSSR count). The maximum atomic E-state index is 11.5. The Bertz CT molecular complexity index is 513. The molecular weight excluding hydrogens is 328 g/mol. The molecule has 0 fully saturated rings. The van der Waals surface area contributed by atoms with Crippen LogP contribution < -0.4 is 0 Å². The van der Waals surface area contributed by atoms with Gasteiger partial charge in [-0.15, -0.1) is 0 Å². The third-order valence-electron chi connectivity index (χ3n) is 3.43. The van der Waals surface area contributed by atoms with E-state index in [0.717, 1.165) is 10.0 Å². The predicted molar refractivity (Wildman–Crippen MR) is 81.9 cm³/mol. The molecule has 1 atom stereocenters. The van der Waals surface area contributed by atoms with Crippen molar-refractivity contribution in [1.29, 1.82) is 0 Å². The summed E-state index contributed by atoms with van der Waals surface area (Å²) in [6.07, 6.45) is 1.50. The molecule has 0 amide bonds. The van der Waals surface area contributed by atoms with Crippen LogP contribution in [0.3, 0.4) is 0 Å². The van der Waals surface area contributed by atoms with Crippen LogP contribution in [-0.2, 0) is 15.4 Å². The van der Waals surface area contributed by atoms with Crippen molar-refractivity contribution in [2.24, 2.45) is 0 Å². The molecule has 1 aromatic rings. The van der Waals surface area contributed by atoms with E-state index >= 15 is 0 Å². The van der Waals surface area contributed by atoms with Crippen molar-refractivity contribution in [3.8, 4) is 0 Å². The summed E-state index contributed by atoms with van der Waals surface area (Å²) in [5.41, 5.74) is -0.120. The third kappa shape index (κ3) is 4.89. The van der Waals surface area contributed by atoms with Gasteiger partial charge in [-0.25, -0.2) is 8.42 Å².